The number of allylic oxidation sites excluding steroid dienone is 1. The minimum Gasteiger partial charge on any atom is -0.504 e. The molecule has 6 unspecified atom stereocenters. The van der Waals surface area contributed by atoms with Crippen molar-refractivity contribution in [3.8, 4) is 11.5 Å². The lowest BCUT2D eigenvalue weighted by Gasteiger charge is -2.74. The first-order valence-corrected chi connectivity index (χ1v) is 19.6. The van der Waals surface area contributed by atoms with Gasteiger partial charge in [-0.15, -0.1) is 0 Å². The van der Waals surface area contributed by atoms with Crippen LogP contribution in [0.2, 0.25) is 0 Å². The standard InChI is InChI=1S/C45H60O7/c1-26(2)29-17-20-42(5)25-36(52-39(48)27-13-11-10-12-14-27)45(8)30(37(29)42)24-33(51-40(49)28-15-16-31(46)32(23-28)50-9)38-43(6)21-19-35(47)41(3,4)34(43)18-22-44(38,45)7/h10-16,23,29-30,33-38,46-47H,1,17-22,24-25H2,2-9H3/t29?,30?,33?,34?,35-,36+,37?,38?,42+,43-,44+,45-/m0/s1. The number of phenolic OH excluding ortho intramolecular Hbond substituents is 1. The number of fused-ring (bicyclic) bond motifs is 7. The van der Waals surface area contributed by atoms with Gasteiger partial charge in [-0.3, -0.25) is 0 Å². The van der Waals surface area contributed by atoms with Crippen molar-refractivity contribution in [1.29, 1.82) is 0 Å². The summed E-state index contributed by atoms with van der Waals surface area (Å²) in [6.45, 7) is 20.7. The number of aromatic hydroxyl groups is 1. The Morgan fingerprint density at radius 3 is 2.23 bits per heavy atom. The first kappa shape index (κ1) is 37.0. The Hall–Kier alpha value is -3.32. The number of rotatable bonds is 6. The molecule has 5 aliphatic rings. The van der Waals surface area contributed by atoms with Crippen LogP contribution in [0.5, 0.6) is 11.5 Å². The van der Waals surface area contributed by atoms with E-state index in [1.807, 2.05) is 30.3 Å². The van der Waals surface area contributed by atoms with Gasteiger partial charge in [0.2, 0.25) is 0 Å². The smallest absolute Gasteiger partial charge is 0.338 e. The number of phenols is 1. The highest BCUT2D eigenvalue weighted by atomic mass is 16.6. The molecule has 282 valence electrons. The molecule has 0 radical (unpaired) electrons. The van der Waals surface area contributed by atoms with Crippen molar-refractivity contribution < 1.29 is 34.0 Å². The average molecular weight is 713 g/mol. The lowest BCUT2D eigenvalue weighted by molar-refractivity contribution is -0.298. The molecule has 7 rings (SSSR count). The molecule has 2 N–H and O–H groups in total. The number of aliphatic hydroxyl groups is 1. The van der Waals surface area contributed by atoms with Gasteiger partial charge in [0.25, 0.3) is 0 Å². The van der Waals surface area contributed by atoms with Crippen LogP contribution in [-0.2, 0) is 9.47 Å². The Kier molecular flexibility index (Phi) is 8.99. The Bertz CT molecular complexity index is 1730. The molecule has 0 amide bonds. The first-order chi connectivity index (χ1) is 24.4. The van der Waals surface area contributed by atoms with Gasteiger partial charge in [0.15, 0.2) is 11.5 Å². The molecule has 0 heterocycles. The van der Waals surface area contributed by atoms with Crippen LogP contribution in [-0.4, -0.2) is 47.6 Å². The third-order valence-electron chi connectivity index (χ3n) is 16.3. The molecule has 7 heteroatoms. The van der Waals surface area contributed by atoms with Crippen molar-refractivity contribution in [2.75, 3.05) is 7.11 Å². The second-order valence-electron chi connectivity index (χ2n) is 19.0. The maximum Gasteiger partial charge on any atom is 0.338 e. The van der Waals surface area contributed by atoms with Crippen molar-refractivity contribution in [2.24, 2.45) is 56.7 Å². The number of benzene rings is 2. The Balaban J connectivity index is 1.39. The largest absolute Gasteiger partial charge is 0.504 e. The highest BCUT2D eigenvalue weighted by Crippen LogP contribution is 2.78. The van der Waals surface area contributed by atoms with E-state index < -0.39 is 23.6 Å². The zero-order chi connectivity index (χ0) is 37.6. The lowest BCUT2D eigenvalue weighted by atomic mass is 9.31. The third kappa shape index (κ3) is 5.29. The normalized spacial score (nSPS) is 41.7. The van der Waals surface area contributed by atoms with Gasteiger partial charge in [0, 0.05) is 11.3 Å². The summed E-state index contributed by atoms with van der Waals surface area (Å²) in [5.41, 5.74) is 0.664. The maximum atomic E-state index is 14.3. The molecule has 0 saturated heterocycles. The molecule has 5 saturated carbocycles. The summed E-state index contributed by atoms with van der Waals surface area (Å²) in [5.74, 6) is 0.368. The third-order valence-corrected chi connectivity index (χ3v) is 16.3. The maximum absolute atomic E-state index is 14.3. The van der Waals surface area contributed by atoms with Gasteiger partial charge >= 0.3 is 11.9 Å². The number of carbonyl (C=O) groups excluding carboxylic acids is 2. The molecular formula is C45H60O7. The predicted molar refractivity (Wildman–Crippen MR) is 201 cm³/mol. The fourth-order valence-corrected chi connectivity index (χ4v) is 13.7. The van der Waals surface area contributed by atoms with E-state index >= 15 is 0 Å². The SMILES string of the molecule is C=C(C)C1CC[C@]2(C)C[C@@H](OC(=O)c3ccccc3)[C@]3(C)C(CC(OC(=O)c4ccc(O)c(OC)c4)C4[C@@]5(C)CC[C@H](O)C(C)(C)C5CC[C@]43C)C12. The number of hydrogen-bond donors (Lipinski definition) is 2. The molecular weight excluding hydrogens is 652 g/mol. The van der Waals surface area contributed by atoms with E-state index in [-0.39, 0.29) is 63.0 Å². The average Bonchev–Trinajstić information content (AvgIpc) is 3.45. The lowest BCUT2D eigenvalue weighted by Crippen LogP contribution is -2.73. The van der Waals surface area contributed by atoms with Gasteiger partial charge in [0.1, 0.15) is 12.2 Å². The van der Waals surface area contributed by atoms with Crippen LogP contribution in [0.3, 0.4) is 0 Å². The highest BCUT2D eigenvalue weighted by molar-refractivity contribution is 5.90. The number of ether oxygens (including phenoxy) is 3. The summed E-state index contributed by atoms with van der Waals surface area (Å²) in [5, 5.41) is 21.7. The number of hydrogen-bond acceptors (Lipinski definition) is 7. The zero-order valence-corrected chi connectivity index (χ0v) is 32.5. The second-order valence-corrected chi connectivity index (χ2v) is 19.0. The van der Waals surface area contributed by atoms with Gasteiger partial charge in [0.05, 0.1) is 24.3 Å². The van der Waals surface area contributed by atoms with E-state index in [4.69, 9.17) is 14.2 Å². The number of aliphatic hydroxyl groups excluding tert-OH is 1. The first-order valence-electron chi connectivity index (χ1n) is 19.6. The molecule has 0 spiro atoms. The van der Waals surface area contributed by atoms with E-state index in [2.05, 4.69) is 55.0 Å². The van der Waals surface area contributed by atoms with Gasteiger partial charge in [-0.1, -0.05) is 71.9 Å². The van der Waals surface area contributed by atoms with Crippen molar-refractivity contribution >= 4 is 11.9 Å². The fraction of sp³-hybridized carbons (Fsp3) is 0.644. The Labute approximate surface area is 310 Å². The van der Waals surface area contributed by atoms with Crippen molar-refractivity contribution in [3.63, 3.8) is 0 Å². The molecule has 52 heavy (non-hydrogen) atoms. The van der Waals surface area contributed by atoms with E-state index in [0.29, 0.717) is 35.8 Å². The van der Waals surface area contributed by atoms with Gasteiger partial charge in [-0.05, 0) is 134 Å². The molecule has 7 nitrogen and oxygen atoms in total. The van der Waals surface area contributed by atoms with Gasteiger partial charge < -0.3 is 24.4 Å². The van der Waals surface area contributed by atoms with Crippen LogP contribution < -0.4 is 4.74 Å². The van der Waals surface area contributed by atoms with Gasteiger partial charge in [-0.25, -0.2) is 9.59 Å². The van der Waals surface area contributed by atoms with Crippen LogP contribution in [0.15, 0.2) is 60.7 Å². The predicted octanol–water partition coefficient (Wildman–Crippen LogP) is 9.41. The van der Waals surface area contributed by atoms with E-state index in [1.54, 1.807) is 12.1 Å². The topological polar surface area (TPSA) is 102 Å². The Morgan fingerprint density at radius 2 is 1.56 bits per heavy atom. The van der Waals surface area contributed by atoms with E-state index in [0.717, 1.165) is 38.5 Å². The van der Waals surface area contributed by atoms with Crippen LogP contribution in [0.1, 0.15) is 121 Å². The molecule has 0 aromatic heterocycles. The van der Waals surface area contributed by atoms with Crippen LogP contribution in [0.25, 0.3) is 0 Å². The summed E-state index contributed by atoms with van der Waals surface area (Å²) in [4.78, 5) is 28.4. The van der Waals surface area contributed by atoms with Crippen LogP contribution >= 0.6 is 0 Å². The molecule has 5 aliphatic carbocycles. The molecule has 5 fully saturated rings. The summed E-state index contributed by atoms with van der Waals surface area (Å²) >= 11 is 0. The summed E-state index contributed by atoms with van der Waals surface area (Å²) in [6.07, 6.45) is 5.72. The number of carbonyl (C=O) groups is 2. The monoisotopic (exact) mass is 712 g/mol. The fourth-order valence-electron chi connectivity index (χ4n) is 13.7. The second kappa shape index (κ2) is 12.6. The minimum absolute atomic E-state index is 0.0321. The summed E-state index contributed by atoms with van der Waals surface area (Å²) in [7, 11) is 1.47. The van der Waals surface area contributed by atoms with E-state index in [1.165, 1.54) is 18.7 Å². The molecule has 12 atom stereocenters. The quantitative estimate of drug-likeness (QED) is 0.227. The van der Waals surface area contributed by atoms with Crippen molar-refractivity contribution in [1.82, 2.24) is 0 Å². The molecule has 0 aliphatic heterocycles. The van der Waals surface area contributed by atoms with Crippen molar-refractivity contribution in [3.05, 3.63) is 71.8 Å². The minimum atomic E-state index is -0.427. The number of methoxy groups -OCH3 is 1. The zero-order valence-electron chi connectivity index (χ0n) is 32.5. The number of esters is 2. The highest BCUT2D eigenvalue weighted by Gasteiger charge is 2.76. The summed E-state index contributed by atoms with van der Waals surface area (Å²) < 4.78 is 19.1. The molecule has 0 bridgehead atoms. The van der Waals surface area contributed by atoms with Crippen LogP contribution in [0, 0.1) is 56.7 Å². The Morgan fingerprint density at radius 1 is 0.865 bits per heavy atom. The van der Waals surface area contributed by atoms with Crippen LogP contribution in [0.4, 0.5) is 0 Å². The molecule has 2 aromatic rings. The summed E-state index contributed by atoms with van der Waals surface area (Å²) in [6, 6.07) is 14.0. The van der Waals surface area contributed by atoms with Gasteiger partial charge in [-0.2, -0.15) is 0 Å². The molecule has 2 aromatic carbocycles. The van der Waals surface area contributed by atoms with Crippen molar-refractivity contribution in [2.45, 2.75) is 118 Å². The van der Waals surface area contributed by atoms with E-state index in [9.17, 15) is 19.8 Å².